The molecule has 0 aromatic heterocycles. The van der Waals surface area contributed by atoms with E-state index in [1.807, 2.05) is 6.07 Å². The van der Waals surface area contributed by atoms with E-state index in [0.29, 0.717) is 11.7 Å². The van der Waals surface area contributed by atoms with Gasteiger partial charge in [-0.25, -0.2) is 0 Å². The zero-order valence-electron chi connectivity index (χ0n) is 18.5. The SMILES string of the molecule is CCCCCCc1c(C)ccc(P(O)(O)(O)CCCCCC)c1C(C)(C)C. The van der Waals surface area contributed by atoms with Crippen molar-refractivity contribution in [3.63, 3.8) is 0 Å². The molecule has 0 spiro atoms. The summed E-state index contributed by atoms with van der Waals surface area (Å²) in [6.45, 7) is 12.7. The van der Waals surface area contributed by atoms with Gasteiger partial charge in [-0.2, -0.15) is 0 Å². The fraction of sp³-hybridized carbons (Fsp3) is 0.739. The molecule has 0 amide bonds. The van der Waals surface area contributed by atoms with Gasteiger partial charge in [0.05, 0.1) is 0 Å². The molecule has 0 heterocycles. The van der Waals surface area contributed by atoms with Crippen LogP contribution in [0.4, 0.5) is 0 Å². The van der Waals surface area contributed by atoms with Crippen molar-refractivity contribution in [3.05, 3.63) is 28.8 Å². The molecule has 0 aliphatic heterocycles. The summed E-state index contributed by atoms with van der Waals surface area (Å²) in [5.41, 5.74) is 3.05. The van der Waals surface area contributed by atoms with Gasteiger partial charge in [0, 0.05) is 0 Å². The first-order chi connectivity index (χ1) is 12.4. The molecule has 3 nitrogen and oxygen atoms in total. The Bertz CT molecular complexity index is 594. The molecule has 0 bridgehead atoms. The minimum absolute atomic E-state index is 0.0625. The standard InChI is InChI=1S/C23H43O3P/c1-7-9-11-13-15-20-19(3)16-17-21(22(20)23(4,5)6)27(24,25,26)18-14-12-10-8-2/h16-17,24-26H,7-15,18H2,1-6H3. The summed E-state index contributed by atoms with van der Waals surface area (Å²) in [6.07, 6.45) is 9.37. The van der Waals surface area contributed by atoms with Crippen LogP contribution in [0.1, 0.15) is 103 Å². The molecule has 0 aliphatic rings. The van der Waals surface area contributed by atoms with Gasteiger partial charge < -0.3 is 0 Å². The van der Waals surface area contributed by atoms with Crippen molar-refractivity contribution in [2.45, 2.75) is 105 Å². The zero-order valence-corrected chi connectivity index (χ0v) is 19.4. The second-order valence-electron chi connectivity index (χ2n) is 9.25. The predicted molar refractivity (Wildman–Crippen MR) is 120 cm³/mol. The van der Waals surface area contributed by atoms with Gasteiger partial charge in [0.2, 0.25) is 0 Å². The van der Waals surface area contributed by atoms with Crippen LogP contribution in [0.25, 0.3) is 0 Å². The summed E-state index contributed by atoms with van der Waals surface area (Å²) in [5, 5.41) is 0.390. The van der Waals surface area contributed by atoms with Crippen molar-refractivity contribution in [1.29, 1.82) is 0 Å². The third-order valence-electron chi connectivity index (χ3n) is 5.47. The summed E-state index contributed by atoms with van der Waals surface area (Å²) in [4.78, 5) is 33.2. The van der Waals surface area contributed by atoms with Crippen molar-refractivity contribution in [2.75, 3.05) is 6.16 Å². The van der Waals surface area contributed by atoms with Gasteiger partial charge in [0.1, 0.15) is 0 Å². The summed E-state index contributed by atoms with van der Waals surface area (Å²) in [5.74, 6) is 0. The Morgan fingerprint density at radius 2 is 1.37 bits per heavy atom. The van der Waals surface area contributed by atoms with Crippen molar-refractivity contribution in [1.82, 2.24) is 0 Å². The van der Waals surface area contributed by atoms with Crippen molar-refractivity contribution >= 4 is 12.6 Å². The Hall–Kier alpha value is -0.470. The van der Waals surface area contributed by atoms with Crippen LogP contribution in [0.5, 0.6) is 0 Å². The van der Waals surface area contributed by atoms with E-state index in [-0.39, 0.29) is 11.6 Å². The molecule has 158 valence electrons. The molecular formula is C23H43O3P. The first kappa shape index (κ1) is 24.6. The number of hydrogen-bond donors (Lipinski definition) is 3. The van der Waals surface area contributed by atoms with E-state index in [0.717, 1.165) is 37.7 Å². The molecule has 0 fully saturated rings. The molecule has 3 N–H and O–H groups in total. The monoisotopic (exact) mass is 398 g/mol. The van der Waals surface area contributed by atoms with E-state index in [9.17, 15) is 14.7 Å². The first-order valence-electron chi connectivity index (χ1n) is 10.8. The molecule has 27 heavy (non-hydrogen) atoms. The number of hydrogen-bond acceptors (Lipinski definition) is 3. The number of aryl methyl sites for hydroxylation is 1. The second kappa shape index (κ2) is 9.83. The van der Waals surface area contributed by atoms with Crippen LogP contribution in [0, 0.1) is 6.92 Å². The predicted octanol–water partition coefficient (Wildman–Crippen LogP) is 5.90. The van der Waals surface area contributed by atoms with Gasteiger partial charge in [-0.15, -0.1) is 0 Å². The minimum atomic E-state index is -4.88. The molecule has 0 atom stereocenters. The zero-order chi connectivity index (χ0) is 20.7. The second-order valence-corrected chi connectivity index (χ2v) is 12.5. The topological polar surface area (TPSA) is 60.7 Å². The molecule has 0 saturated heterocycles. The Labute approximate surface area is 167 Å². The van der Waals surface area contributed by atoms with Crippen LogP contribution >= 0.6 is 7.28 Å². The van der Waals surface area contributed by atoms with E-state index in [2.05, 4.69) is 41.5 Å². The van der Waals surface area contributed by atoms with Gasteiger partial charge in [0.25, 0.3) is 0 Å². The summed E-state index contributed by atoms with van der Waals surface area (Å²) < 4.78 is 0. The van der Waals surface area contributed by atoms with E-state index >= 15 is 0 Å². The van der Waals surface area contributed by atoms with Crippen molar-refractivity contribution < 1.29 is 14.7 Å². The Morgan fingerprint density at radius 1 is 0.815 bits per heavy atom. The van der Waals surface area contributed by atoms with E-state index in [1.54, 1.807) is 6.07 Å². The van der Waals surface area contributed by atoms with Gasteiger partial charge in [0.15, 0.2) is 0 Å². The van der Waals surface area contributed by atoms with Crippen LogP contribution in [-0.4, -0.2) is 20.8 Å². The number of benzene rings is 1. The Balaban J connectivity index is 3.32. The summed E-state index contributed by atoms with van der Waals surface area (Å²) in [6, 6.07) is 3.72. The molecule has 1 rings (SSSR count). The molecule has 0 aliphatic carbocycles. The molecule has 0 radical (unpaired) electrons. The van der Waals surface area contributed by atoms with Gasteiger partial charge in [-0.3, -0.25) is 0 Å². The maximum absolute atomic E-state index is 11.1. The van der Waals surface area contributed by atoms with E-state index < -0.39 is 7.28 Å². The van der Waals surface area contributed by atoms with Crippen molar-refractivity contribution in [3.8, 4) is 0 Å². The third-order valence-corrected chi connectivity index (χ3v) is 7.97. The maximum atomic E-state index is 11.1. The normalized spacial score (nSPS) is 14.2. The third kappa shape index (κ3) is 7.13. The van der Waals surface area contributed by atoms with E-state index in [1.165, 1.54) is 30.4 Å². The van der Waals surface area contributed by atoms with Crippen molar-refractivity contribution in [2.24, 2.45) is 0 Å². The fourth-order valence-electron chi connectivity index (χ4n) is 3.96. The Kier molecular flexibility index (Phi) is 8.95. The van der Waals surface area contributed by atoms with E-state index in [4.69, 9.17) is 0 Å². The molecule has 0 unspecified atom stereocenters. The van der Waals surface area contributed by atoms with Crippen LogP contribution in [0.15, 0.2) is 12.1 Å². The van der Waals surface area contributed by atoms with Gasteiger partial charge in [-0.05, 0) is 0 Å². The average Bonchev–Trinajstić information content (AvgIpc) is 2.55. The van der Waals surface area contributed by atoms with Crippen LogP contribution < -0.4 is 5.30 Å². The number of rotatable bonds is 11. The molecular weight excluding hydrogens is 355 g/mol. The fourth-order valence-corrected chi connectivity index (χ4v) is 6.31. The molecule has 4 heteroatoms. The number of unbranched alkanes of at least 4 members (excludes halogenated alkanes) is 6. The van der Waals surface area contributed by atoms with Gasteiger partial charge >= 0.3 is 167 Å². The average molecular weight is 399 g/mol. The first-order valence-corrected chi connectivity index (χ1v) is 13.1. The molecule has 1 aromatic carbocycles. The van der Waals surface area contributed by atoms with Crippen LogP contribution in [0.3, 0.4) is 0 Å². The Morgan fingerprint density at radius 3 is 1.89 bits per heavy atom. The summed E-state index contributed by atoms with van der Waals surface area (Å²) >= 11 is 0. The van der Waals surface area contributed by atoms with Gasteiger partial charge in [-0.1, -0.05) is 0 Å². The van der Waals surface area contributed by atoms with Crippen LogP contribution in [0.2, 0.25) is 0 Å². The molecule has 0 saturated carbocycles. The van der Waals surface area contributed by atoms with Crippen LogP contribution in [-0.2, 0) is 11.8 Å². The summed E-state index contributed by atoms with van der Waals surface area (Å²) in [7, 11) is -4.88. The quantitative estimate of drug-likeness (QED) is 0.321. The molecule has 1 aromatic rings.